The van der Waals surface area contributed by atoms with Crippen molar-refractivity contribution in [1.82, 2.24) is 5.32 Å². The van der Waals surface area contributed by atoms with Crippen molar-refractivity contribution in [3.05, 3.63) is 11.8 Å². The number of hydrogen-bond acceptors (Lipinski definition) is 6. The summed E-state index contributed by atoms with van der Waals surface area (Å²) in [6, 6.07) is 0. The molecule has 0 aromatic carbocycles. The molecular formula is C23H42N4O4. The minimum absolute atomic E-state index is 0.0433. The Labute approximate surface area is 186 Å². The molecule has 0 aliphatic carbocycles. The first-order valence-corrected chi connectivity index (χ1v) is 11.5. The number of amides is 2. The number of allylic oxidation sites excluding steroid dienone is 2. The third-order valence-corrected chi connectivity index (χ3v) is 5.22. The van der Waals surface area contributed by atoms with E-state index in [9.17, 15) is 19.2 Å². The van der Waals surface area contributed by atoms with Crippen LogP contribution >= 0.6 is 0 Å². The van der Waals surface area contributed by atoms with Crippen molar-refractivity contribution < 1.29 is 19.2 Å². The van der Waals surface area contributed by atoms with Crippen LogP contribution in [0.25, 0.3) is 0 Å². The molecule has 0 rings (SSSR count). The molecule has 0 radical (unpaired) electrons. The third kappa shape index (κ3) is 13.8. The fraction of sp³-hybridized carbons (Fsp3) is 0.739. The van der Waals surface area contributed by atoms with Crippen LogP contribution in [0.3, 0.4) is 0 Å². The summed E-state index contributed by atoms with van der Waals surface area (Å²) in [6.07, 6.45) is 8.25. The number of ketones is 2. The van der Waals surface area contributed by atoms with Crippen molar-refractivity contribution in [3.8, 4) is 0 Å². The summed E-state index contributed by atoms with van der Waals surface area (Å²) in [5, 5.41) is 2.72. The van der Waals surface area contributed by atoms with Gasteiger partial charge in [-0.05, 0) is 52.1 Å². The van der Waals surface area contributed by atoms with Crippen LogP contribution in [-0.4, -0.2) is 36.5 Å². The maximum atomic E-state index is 12.9. The minimum atomic E-state index is -0.563. The van der Waals surface area contributed by atoms with E-state index in [1.54, 1.807) is 6.08 Å². The molecule has 0 fully saturated rings. The first kappa shape index (κ1) is 28.9. The summed E-state index contributed by atoms with van der Waals surface area (Å²) in [6.45, 7) is 4.48. The van der Waals surface area contributed by atoms with Crippen molar-refractivity contribution in [2.75, 3.05) is 13.1 Å². The molecule has 0 spiro atoms. The fourth-order valence-corrected chi connectivity index (χ4v) is 3.36. The standard InChI is InChI=1S/C23H42N4O4/c1-3-4-5-10-18(22(26)30)16-21(29)20(12-7-9-14-25)27-23(31)19(15-17(2)28)11-6-8-13-24/h12,18-19H,3-11,13-16,24-25H2,1-2H3,(H2,26,30)(H,27,31)/b20-12-. The van der Waals surface area contributed by atoms with Gasteiger partial charge in [-0.1, -0.05) is 38.7 Å². The quantitative estimate of drug-likeness (QED) is 0.178. The van der Waals surface area contributed by atoms with Gasteiger partial charge in [0.2, 0.25) is 11.8 Å². The van der Waals surface area contributed by atoms with Gasteiger partial charge in [0.25, 0.3) is 0 Å². The molecule has 0 heterocycles. The maximum absolute atomic E-state index is 12.9. The van der Waals surface area contributed by atoms with E-state index in [4.69, 9.17) is 17.2 Å². The zero-order valence-electron chi connectivity index (χ0n) is 19.3. The molecule has 8 heteroatoms. The number of carbonyl (C=O) groups is 4. The molecule has 8 nitrogen and oxygen atoms in total. The molecule has 31 heavy (non-hydrogen) atoms. The molecule has 2 atom stereocenters. The smallest absolute Gasteiger partial charge is 0.228 e. The number of hydrogen-bond donors (Lipinski definition) is 4. The lowest BCUT2D eigenvalue weighted by molar-refractivity contribution is -0.130. The van der Waals surface area contributed by atoms with E-state index in [1.807, 2.05) is 0 Å². The van der Waals surface area contributed by atoms with Gasteiger partial charge >= 0.3 is 0 Å². The molecule has 0 saturated heterocycles. The average molecular weight is 439 g/mol. The van der Waals surface area contributed by atoms with Gasteiger partial charge in [-0.25, -0.2) is 0 Å². The highest BCUT2D eigenvalue weighted by molar-refractivity contribution is 6.01. The number of Topliss-reactive ketones (excluding diaryl/α,β-unsaturated/α-hetero) is 2. The van der Waals surface area contributed by atoms with Gasteiger partial charge in [0.1, 0.15) is 5.78 Å². The number of primary amides is 1. The largest absolute Gasteiger partial charge is 0.369 e. The van der Waals surface area contributed by atoms with Gasteiger partial charge in [-0.3, -0.25) is 14.4 Å². The molecule has 178 valence electrons. The Morgan fingerprint density at radius 2 is 1.48 bits per heavy atom. The minimum Gasteiger partial charge on any atom is -0.369 e. The average Bonchev–Trinajstić information content (AvgIpc) is 2.71. The molecule has 0 aromatic heterocycles. The Morgan fingerprint density at radius 1 is 0.871 bits per heavy atom. The third-order valence-electron chi connectivity index (χ3n) is 5.22. The van der Waals surface area contributed by atoms with E-state index < -0.39 is 17.7 Å². The van der Waals surface area contributed by atoms with Crippen LogP contribution in [-0.2, 0) is 19.2 Å². The monoisotopic (exact) mass is 438 g/mol. The summed E-state index contributed by atoms with van der Waals surface area (Å²) >= 11 is 0. The second-order valence-electron chi connectivity index (χ2n) is 8.15. The Bertz CT molecular complexity index is 604. The van der Waals surface area contributed by atoms with E-state index in [0.717, 1.165) is 32.1 Å². The predicted molar refractivity (Wildman–Crippen MR) is 123 cm³/mol. The van der Waals surface area contributed by atoms with E-state index >= 15 is 0 Å². The predicted octanol–water partition coefficient (Wildman–Crippen LogP) is 2.09. The van der Waals surface area contributed by atoms with Crippen LogP contribution in [0.1, 0.15) is 84.5 Å². The fourth-order valence-electron chi connectivity index (χ4n) is 3.36. The van der Waals surface area contributed by atoms with E-state index in [1.165, 1.54) is 6.92 Å². The number of nitrogens with one attached hydrogen (secondary N) is 1. The lowest BCUT2D eigenvalue weighted by atomic mass is 9.92. The van der Waals surface area contributed by atoms with Gasteiger partial charge in [0, 0.05) is 24.7 Å². The molecule has 0 bridgehead atoms. The maximum Gasteiger partial charge on any atom is 0.228 e. The molecule has 7 N–H and O–H groups in total. The molecule has 0 saturated carbocycles. The van der Waals surface area contributed by atoms with Gasteiger partial charge in [0.15, 0.2) is 5.78 Å². The van der Waals surface area contributed by atoms with Crippen LogP contribution in [0.4, 0.5) is 0 Å². The van der Waals surface area contributed by atoms with Crippen LogP contribution in [0.5, 0.6) is 0 Å². The second-order valence-corrected chi connectivity index (χ2v) is 8.15. The summed E-state index contributed by atoms with van der Waals surface area (Å²) in [5.41, 5.74) is 16.7. The van der Waals surface area contributed by atoms with Gasteiger partial charge < -0.3 is 27.3 Å². The van der Waals surface area contributed by atoms with E-state index in [0.29, 0.717) is 38.8 Å². The Kier molecular flexibility index (Phi) is 16.4. The molecular weight excluding hydrogens is 396 g/mol. The molecule has 0 aliphatic rings. The Balaban J connectivity index is 5.33. The van der Waals surface area contributed by atoms with E-state index in [-0.39, 0.29) is 36.0 Å². The summed E-state index contributed by atoms with van der Waals surface area (Å²) < 4.78 is 0. The summed E-state index contributed by atoms with van der Waals surface area (Å²) in [5.74, 6) is -2.36. The molecule has 2 amide bonds. The Morgan fingerprint density at radius 3 is 2.03 bits per heavy atom. The molecule has 0 aromatic rings. The van der Waals surface area contributed by atoms with Crippen molar-refractivity contribution in [2.45, 2.75) is 84.5 Å². The van der Waals surface area contributed by atoms with Crippen molar-refractivity contribution in [2.24, 2.45) is 29.0 Å². The van der Waals surface area contributed by atoms with Crippen LogP contribution < -0.4 is 22.5 Å². The Hall–Kier alpha value is -2.06. The molecule has 2 unspecified atom stereocenters. The van der Waals surface area contributed by atoms with Crippen molar-refractivity contribution in [3.63, 3.8) is 0 Å². The normalized spacial score (nSPS) is 13.5. The van der Waals surface area contributed by atoms with Gasteiger partial charge in [-0.2, -0.15) is 0 Å². The number of carbonyl (C=O) groups excluding carboxylic acids is 4. The second kappa shape index (κ2) is 17.6. The zero-order valence-corrected chi connectivity index (χ0v) is 19.3. The van der Waals surface area contributed by atoms with Gasteiger partial charge in [0.05, 0.1) is 5.70 Å². The zero-order chi connectivity index (χ0) is 23.6. The molecule has 0 aliphatic heterocycles. The highest BCUT2D eigenvalue weighted by Crippen LogP contribution is 2.18. The lowest BCUT2D eigenvalue weighted by Gasteiger charge is -2.18. The first-order valence-electron chi connectivity index (χ1n) is 11.5. The van der Waals surface area contributed by atoms with Crippen molar-refractivity contribution in [1.29, 1.82) is 0 Å². The van der Waals surface area contributed by atoms with E-state index in [2.05, 4.69) is 12.2 Å². The summed E-state index contributed by atoms with van der Waals surface area (Å²) in [4.78, 5) is 49.2. The number of rotatable bonds is 19. The highest BCUT2D eigenvalue weighted by atomic mass is 16.2. The highest BCUT2D eigenvalue weighted by Gasteiger charge is 2.25. The number of unbranched alkanes of at least 4 members (excludes halogenated alkanes) is 4. The topological polar surface area (TPSA) is 158 Å². The summed E-state index contributed by atoms with van der Waals surface area (Å²) in [7, 11) is 0. The van der Waals surface area contributed by atoms with Crippen LogP contribution in [0.2, 0.25) is 0 Å². The van der Waals surface area contributed by atoms with Gasteiger partial charge in [-0.15, -0.1) is 0 Å². The lowest BCUT2D eigenvalue weighted by Crippen LogP contribution is -2.35. The SMILES string of the molecule is CCCCCC(CC(=O)/C(=C/CCCN)NC(=O)C(CCCCN)CC(C)=O)C(N)=O. The van der Waals surface area contributed by atoms with Crippen LogP contribution in [0, 0.1) is 11.8 Å². The first-order chi connectivity index (χ1) is 14.8. The van der Waals surface area contributed by atoms with Crippen LogP contribution in [0.15, 0.2) is 11.8 Å². The number of nitrogens with two attached hydrogens (primary N) is 3. The van der Waals surface area contributed by atoms with Crippen molar-refractivity contribution >= 4 is 23.4 Å².